The van der Waals surface area contributed by atoms with Crippen LogP contribution in [0, 0.1) is 22.7 Å². The Bertz CT molecular complexity index is 462. The molecule has 1 rings (SSSR count). The van der Waals surface area contributed by atoms with Crippen molar-refractivity contribution in [3.63, 3.8) is 0 Å². The van der Waals surface area contributed by atoms with Gasteiger partial charge in [0.15, 0.2) is 0 Å². The molecule has 94 valence electrons. The number of halogens is 2. The van der Waals surface area contributed by atoms with E-state index in [0.717, 1.165) is 0 Å². The molecule has 0 N–H and O–H groups in total. The lowest BCUT2D eigenvalue weighted by molar-refractivity contribution is 0.395. The number of alkyl halides is 2. The van der Waals surface area contributed by atoms with E-state index in [-0.39, 0.29) is 0 Å². The van der Waals surface area contributed by atoms with Gasteiger partial charge in [0.1, 0.15) is 34.8 Å². The third-order valence-electron chi connectivity index (χ3n) is 2.50. The average Bonchev–Trinajstić information content (AvgIpc) is 2.43. The van der Waals surface area contributed by atoms with Gasteiger partial charge in [-0.25, -0.2) is 0 Å². The Kier molecular flexibility index (Phi) is 5.46. The first kappa shape index (κ1) is 14.8. The molecule has 0 aliphatic rings. The Hall–Kier alpha value is -1.24. The van der Waals surface area contributed by atoms with Gasteiger partial charge in [-0.2, -0.15) is 10.5 Å². The van der Waals surface area contributed by atoms with Crippen molar-refractivity contribution in [3.05, 3.63) is 22.3 Å². The number of methoxy groups -OCH3 is 2. The van der Waals surface area contributed by atoms with Crippen LogP contribution in [0.2, 0.25) is 0 Å². The van der Waals surface area contributed by atoms with E-state index in [1.807, 2.05) is 0 Å². The molecule has 0 radical (unpaired) electrons. The molecule has 1 aromatic carbocycles. The third-order valence-corrected chi connectivity index (χ3v) is 3.63. The highest BCUT2D eigenvalue weighted by atomic mass is 79.9. The number of hydrogen-bond donors (Lipinski definition) is 0. The van der Waals surface area contributed by atoms with E-state index >= 15 is 0 Å². The smallest absolute Gasteiger partial charge is 0.142 e. The van der Waals surface area contributed by atoms with Gasteiger partial charge in [-0.1, -0.05) is 31.9 Å². The fourth-order valence-electron chi connectivity index (χ4n) is 1.74. The van der Waals surface area contributed by atoms with Crippen molar-refractivity contribution in [2.45, 2.75) is 10.7 Å². The third kappa shape index (κ3) is 2.31. The quantitative estimate of drug-likeness (QED) is 0.760. The summed E-state index contributed by atoms with van der Waals surface area (Å²) in [6.07, 6.45) is 0. The van der Waals surface area contributed by atoms with Gasteiger partial charge >= 0.3 is 0 Å². The molecule has 0 atom stereocenters. The van der Waals surface area contributed by atoms with E-state index in [2.05, 4.69) is 44.0 Å². The second-order valence-corrected chi connectivity index (χ2v) is 4.39. The zero-order valence-corrected chi connectivity index (χ0v) is 13.1. The van der Waals surface area contributed by atoms with Crippen molar-refractivity contribution in [1.29, 1.82) is 10.5 Å². The molecule has 1 aromatic rings. The van der Waals surface area contributed by atoms with Crippen LogP contribution in [0.5, 0.6) is 11.5 Å². The summed E-state index contributed by atoms with van der Waals surface area (Å²) in [4.78, 5) is 0. The van der Waals surface area contributed by atoms with Gasteiger partial charge in [0.25, 0.3) is 0 Å². The van der Waals surface area contributed by atoms with Crippen LogP contribution in [0.4, 0.5) is 0 Å². The van der Waals surface area contributed by atoms with Crippen molar-refractivity contribution in [2.24, 2.45) is 0 Å². The standard InChI is InChI=1S/C12H10Br2N2O2/c1-17-11-7(3-13)10(6-16)12(18-2)8(4-14)9(11)5-15/h3-4H2,1-2H3. The van der Waals surface area contributed by atoms with E-state index < -0.39 is 0 Å². The summed E-state index contributed by atoms with van der Waals surface area (Å²) in [6, 6.07) is 4.20. The number of benzene rings is 1. The van der Waals surface area contributed by atoms with E-state index in [1.165, 1.54) is 14.2 Å². The Labute approximate surface area is 122 Å². The first-order valence-electron chi connectivity index (χ1n) is 4.91. The highest BCUT2D eigenvalue weighted by Crippen LogP contribution is 2.40. The van der Waals surface area contributed by atoms with Crippen LogP contribution < -0.4 is 9.47 Å². The molecule has 0 aliphatic heterocycles. The van der Waals surface area contributed by atoms with Crippen LogP contribution in [0.1, 0.15) is 22.3 Å². The number of nitriles is 2. The van der Waals surface area contributed by atoms with Gasteiger partial charge in [-0.15, -0.1) is 0 Å². The Morgan fingerprint density at radius 2 is 1.22 bits per heavy atom. The summed E-state index contributed by atoms with van der Waals surface area (Å²) in [5.74, 6) is 0.836. The van der Waals surface area contributed by atoms with Gasteiger partial charge in [-0.05, 0) is 0 Å². The lowest BCUT2D eigenvalue weighted by Crippen LogP contribution is -2.05. The van der Waals surface area contributed by atoms with E-state index in [1.54, 1.807) is 0 Å². The van der Waals surface area contributed by atoms with Crippen molar-refractivity contribution in [1.82, 2.24) is 0 Å². The maximum Gasteiger partial charge on any atom is 0.142 e. The van der Waals surface area contributed by atoms with Crippen LogP contribution in [-0.2, 0) is 10.7 Å². The first-order chi connectivity index (χ1) is 8.69. The Balaban J connectivity index is 3.87. The average molecular weight is 374 g/mol. The van der Waals surface area contributed by atoms with Crippen molar-refractivity contribution < 1.29 is 9.47 Å². The zero-order valence-electron chi connectivity index (χ0n) is 9.88. The lowest BCUT2D eigenvalue weighted by Gasteiger charge is -2.17. The summed E-state index contributed by atoms with van der Waals surface area (Å²) < 4.78 is 10.5. The minimum Gasteiger partial charge on any atom is -0.495 e. The van der Waals surface area contributed by atoms with Crippen LogP contribution in [-0.4, -0.2) is 14.2 Å². The minimum atomic E-state index is 0.389. The summed E-state index contributed by atoms with van der Waals surface area (Å²) in [5.41, 5.74) is 2.02. The van der Waals surface area contributed by atoms with Gasteiger partial charge in [-0.3, -0.25) is 0 Å². The molecule has 0 amide bonds. The van der Waals surface area contributed by atoms with Crippen LogP contribution in [0.25, 0.3) is 0 Å². The van der Waals surface area contributed by atoms with Crippen LogP contribution >= 0.6 is 31.9 Å². The molecular formula is C12H10Br2N2O2. The highest BCUT2D eigenvalue weighted by Gasteiger charge is 2.24. The normalized spacial score (nSPS) is 9.44. The topological polar surface area (TPSA) is 66.0 Å². The molecule has 0 spiro atoms. The molecule has 0 heterocycles. The van der Waals surface area contributed by atoms with Crippen molar-refractivity contribution in [3.8, 4) is 23.6 Å². The number of ether oxygens (including phenoxy) is 2. The summed E-state index contributed by atoms with van der Waals surface area (Å²) in [7, 11) is 2.96. The Morgan fingerprint density at radius 1 is 0.889 bits per heavy atom. The number of hydrogen-bond acceptors (Lipinski definition) is 4. The van der Waals surface area contributed by atoms with Gasteiger partial charge in [0, 0.05) is 21.8 Å². The second kappa shape index (κ2) is 6.63. The summed E-state index contributed by atoms with van der Waals surface area (Å²) in [5, 5.41) is 19.3. The number of nitrogens with zero attached hydrogens (tertiary/aromatic N) is 2. The number of rotatable bonds is 4. The van der Waals surface area contributed by atoms with Crippen molar-refractivity contribution in [2.75, 3.05) is 14.2 Å². The molecule has 0 aromatic heterocycles. The molecule has 0 saturated heterocycles. The highest BCUT2D eigenvalue weighted by molar-refractivity contribution is 9.08. The molecular weight excluding hydrogens is 364 g/mol. The molecule has 0 bridgehead atoms. The fraction of sp³-hybridized carbons (Fsp3) is 0.333. The van der Waals surface area contributed by atoms with Crippen LogP contribution in [0.3, 0.4) is 0 Å². The molecule has 4 nitrogen and oxygen atoms in total. The molecule has 0 fully saturated rings. The Morgan fingerprint density at radius 3 is 1.39 bits per heavy atom. The predicted octanol–water partition coefficient (Wildman–Crippen LogP) is 3.24. The summed E-state index contributed by atoms with van der Waals surface area (Å²) >= 11 is 6.61. The van der Waals surface area contributed by atoms with Crippen LogP contribution in [0.15, 0.2) is 0 Å². The van der Waals surface area contributed by atoms with E-state index in [9.17, 15) is 10.5 Å². The minimum absolute atomic E-state index is 0.389. The first-order valence-corrected chi connectivity index (χ1v) is 7.16. The monoisotopic (exact) mass is 372 g/mol. The molecule has 0 aliphatic carbocycles. The fourth-order valence-corrected chi connectivity index (χ4v) is 2.81. The maximum absolute atomic E-state index is 9.26. The van der Waals surface area contributed by atoms with Crippen molar-refractivity contribution >= 4 is 31.9 Å². The van der Waals surface area contributed by atoms with E-state index in [4.69, 9.17) is 9.47 Å². The van der Waals surface area contributed by atoms with Gasteiger partial charge < -0.3 is 9.47 Å². The van der Waals surface area contributed by atoms with Gasteiger partial charge in [0.05, 0.1) is 14.2 Å². The molecule has 0 saturated carbocycles. The largest absolute Gasteiger partial charge is 0.495 e. The molecule has 0 unspecified atom stereocenters. The zero-order chi connectivity index (χ0) is 13.7. The maximum atomic E-state index is 9.26. The van der Waals surface area contributed by atoms with Gasteiger partial charge in [0.2, 0.25) is 0 Å². The second-order valence-electron chi connectivity index (χ2n) is 3.26. The van der Waals surface area contributed by atoms with E-state index in [0.29, 0.717) is 44.4 Å². The molecule has 6 heteroatoms. The summed E-state index contributed by atoms with van der Waals surface area (Å²) in [6.45, 7) is 0. The molecule has 18 heavy (non-hydrogen) atoms. The lowest BCUT2D eigenvalue weighted by atomic mass is 9.97. The predicted molar refractivity (Wildman–Crippen MR) is 74.2 cm³/mol. The SMILES string of the molecule is COc1c(C#N)c(CBr)c(OC)c(C#N)c1CBr.